The topological polar surface area (TPSA) is 38.3 Å². The molecule has 1 N–H and O–H groups in total. The van der Waals surface area contributed by atoms with Crippen LogP contribution in [0.2, 0.25) is 5.02 Å². The normalized spacial score (nSPS) is 11.8. The van der Waals surface area contributed by atoms with E-state index in [-0.39, 0.29) is 5.75 Å². The van der Waals surface area contributed by atoms with Crippen molar-refractivity contribution < 1.29 is 22.7 Å². The van der Waals surface area contributed by atoms with Crippen LogP contribution >= 0.6 is 11.6 Å². The van der Waals surface area contributed by atoms with Crippen molar-refractivity contribution in [1.82, 2.24) is 0 Å². The van der Waals surface area contributed by atoms with Gasteiger partial charge in [-0.05, 0) is 42.3 Å². The van der Waals surface area contributed by atoms with Crippen LogP contribution in [0, 0.1) is 17.5 Å². The zero-order valence-electron chi connectivity index (χ0n) is 14.7. The van der Waals surface area contributed by atoms with Crippen molar-refractivity contribution in [2.75, 3.05) is 5.32 Å². The fourth-order valence-electron chi connectivity index (χ4n) is 2.51. The molecule has 7 heteroatoms. The second-order valence-corrected chi connectivity index (χ2v) is 6.39. The van der Waals surface area contributed by atoms with Crippen molar-refractivity contribution in [3.05, 3.63) is 83.1 Å². The number of carbonyl (C=O) groups is 1. The highest BCUT2D eigenvalue weighted by atomic mass is 35.5. The molecule has 0 aromatic heterocycles. The third kappa shape index (κ3) is 4.28. The number of rotatable bonds is 5. The van der Waals surface area contributed by atoms with Crippen molar-refractivity contribution in [2.45, 2.75) is 13.0 Å². The van der Waals surface area contributed by atoms with Gasteiger partial charge in [-0.25, -0.2) is 13.2 Å². The number of hydrogen-bond acceptors (Lipinski definition) is 2. The maximum atomic E-state index is 13.7. The first-order valence-electron chi connectivity index (χ1n) is 8.33. The molecule has 0 aliphatic heterocycles. The smallest absolute Gasteiger partial charge is 0.265 e. The van der Waals surface area contributed by atoms with E-state index in [1.54, 1.807) is 18.2 Å². The van der Waals surface area contributed by atoms with E-state index >= 15 is 0 Å². The van der Waals surface area contributed by atoms with Crippen LogP contribution in [-0.4, -0.2) is 12.0 Å². The quantitative estimate of drug-likeness (QED) is 0.542. The van der Waals surface area contributed by atoms with Gasteiger partial charge in [0.25, 0.3) is 5.91 Å². The molecular formula is C21H15ClF3NO2. The number of carbonyl (C=O) groups excluding carboxylic acids is 1. The summed E-state index contributed by atoms with van der Waals surface area (Å²) >= 11 is 6.24. The van der Waals surface area contributed by atoms with Gasteiger partial charge >= 0.3 is 0 Å². The van der Waals surface area contributed by atoms with E-state index in [1.165, 1.54) is 6.92 Å². The second kappa shape index (κ2) is 8.35. The molecule has 0 fully saturated rings. The minimum Gasteiger partial charge on any atom is -0.479 e. The van der Waals surface area contributed by atoms with E-state index in [1.807, 2.05) is 30.3 Å². The maximum Gasteiger partial charge on any atom is 0.265 e. The van der Waals surface area contributed by atoms with Crippen LogP contribution in [0.4, 0.5) is 18.9 Å². The molecule has 0 spiro atoms. The van der Waals surface area contributed by atoms with Crippen LogP contribution in [0.3, 0.4) is 0 Å². The van der Waals surface area contributed by atoms with Gasteiger partial charge in [-0.2, -0.15) is 0 Å². The molecule has 3 aromatic carbocycles. The summed E-state index contributed by atoms with van der Waals surface area (Å²) < 4.78 is 45.5. The number of nitrogens with one attached hydrogen (secondary N) is 1. The van der Waals surface area contributed by atoms with Gasteiger partial charge in [0.1, 0.15) is 5.75 Å². The largest absolute Gasteiger partial charge is 0.479 e. The molecule has 144 valence electrons. The van der Waals surface area contributed by atoms with Crippen LogP contribution in [0.5, 0.6) is 5.75 Å². The van der Waals surface area contributed by atoms with Gasteiger partial charge in [-0.3, -0.25) is 4.79 Å². The van der Waals surface area contributed by atoms with Crippen molar-refractivity contribution in [3.63, 3.8) is 0 Å². The van der Waals surface area contributed by atoms with E-state index in [4.69, 9.17) is 16.3 Å². The molecule has 3 rings (SSSR count). The Morgan fingerprint density at radius 2 is 1.68 bits per heavy atom. The maximum absolute atomic E-state index is 13.7. The molecule has 28 heavy (non-hydrogen) atoms. The standard InChI is InChI=1S/C21H15ClF3NO2/c1-12(21(27)26-17-9-8-16(23)19(24)20(17)25)28-18-10-7-14(11-15(18)22)13-5-3-2-4-6-13/h2-12H,1H3,(H,26,27)/t12-/m0/s1. The first kappa shape index (κ1) is 19.8. The minimum absolute atomic E-state index is 0.259. The summed E-state index contributed by atoms with van der Waals surface area (Å²) in [4.78, 5) is 12.2. The van der Waals surface area contributed by atoms with E-state index < -0.39 is 35.2 Å². The first-order valence-corrected chi connectivity index (χ1v) is 8.70. The average molecular weight is 406 g/mol. The van der Waals surface area contributed by atoms with Gasteiger partial charge in [0, 0.05) is 0 Å². The molecule has 0 unspecified atom stereocenters. The van der Waals surface area contributed by atoms with Crippen molar-refractivity contribution >= 4 is 23.2 Å². The lowest BCUT2D eigenvalue weighted by atomic mass is 10.1. The Labute approximate surface area is 164 Å². The number of ether oxygens (including phenoxy) is 1. The highest BCUT2D eigenvalue weighted by molar-refractivity contribution is 6.32. The predicted octanol–water partition coefficient (Wildman–Crippen LogP) is 5.83. The van der Waals surface area contributed by atoms with Crippen molar-refractivity contribution in [3.8, 4) is 16.9 Å². The number of amides is 1. The molecule has 1 amide bonds. The zero-order chi connectivity index (χ0) is 20.3. The average Bonchev–Trinajstić information content (AvgIpc) is 2.70. The molecule has 0 aliphatic rings. The van der Waals surface area contributed by atoms with E-state index in [9.17, 15) is 18.0 Å². The summed E-state index contributed by atoms with van der Waals surface area (Å²) in [6.07, 6.45) is -1.06. The van der Waals surface area contributed by atoms with Gasteiger partial charge in [-0.15, -0.1) is 0 Å². The third-order valence-electron chi connectivity index (χ3n) is 4.01. The summed E-state index contributed by atoms with van der Waals surface area (Å²) in [5, 5.41) is 2.46. The molecule has 1 atom stereocenters. The lowest BCUT2D eigenvalue weighted by molar-refractivity contribution is -0.122. The molecule has 0 heterocycles. The summed E-state index contributed by atoms with van der Waals surface area (Å²) in [6, 6.07) is 16.3. The van der Waals surface area contributed by atoms with E-state index in [0.717, 1.165) is 23.3 Å². The number of halogens is 4. The minimum atomic E-state index is -1.66. The molecule has 3 aromatic rings. The van der Waals surface area contributed by atoms with Gasteiger partial charge in [-0.1, -0.05) is 48.0 Å². The summed E-state index contributed by atoms with van der Waals surface area (Å²) in [7, 11) is 0. The number of hydrogen-bond donors (Lipinski definition) is 1. The SMILES string of the molecule is C[C@H](Oc1ccc(-c2ccccc2)cc1Cl)C(=O)Nc1ccc(F)c(F)c1F. The monoisotopic (exact) mass is 405 g/mol. The second-order valence-electron chi connectivity index (χ2n) is 5.98. The molecule has 0 aliphatic carbocycles. The van der Waals surface area contributed by atoms with Crippen LogP contribution in [0.1, 0.15) is 6.92 Å². The van der Waals surface area contributed by atoms with Crippen LogP contribution < -0.4 is 10.1 Å². The Morgan fingerprint density at radius 1 is 0.964 bits per heavy atom. The fourth-order valence-corrected chi connectivity index (χ4v) is 2.73. The molecular weight excluding hydrogens is 391 g/mol. The van der Waals surface area contributed by atoms with Crippen LogP contribution in [0.25, 0.3) is 11.1 Å². The van der Waals surface area contributed by atoms with Gasteiger partial charge in [0.2, 0.25) is 0 Å². The van der Waals surface area contributed by atoms with Crippen LogP contribution in [0.15, 0.2) is 60.7 Å². The van der Waals surface area contributed by atoms with Crippen molar-refractivity contribution in [2.24, 2.45) is 0 Å². The number of benzene rings is 3. The summed E-state index contributed by atoms with van der Waals surface area (Å²) in [6.45, 7) is 1.43. The third-order valence-corrected chi connectivity index (χ3v) is 4.30. The van der Waals surface area contributed by atoms with Gasteiger partial charge in [0.05, 0.1) is 10.7 Å². The van der Waals surface area contributed by atoms with Crippen LogP contribution in [-0.2, 0) is 4.79 Å². The number of anilines is 1. The first-order chi connectivity index (χ1) is 13.4. The molecule has 0 radical (unpaired) electrons. The van der Waals surface area contributed by atoms with Crippen molar-refractivity contribution in [1.29, 1.82) is 0 Å². The Kier molecular flexibility index (Phi) is 5.90. The highest BCUT2D eigenvalue weighted by Crippen LogP contribution is 2.31. The molecule has 0 saturated heterocycles. The lowest BCUT2D eigenvalue weighted by Crippen LogP contribution is -2.30. The highest BCUT2D eigenvalue weighted by Gasteiger charge is 2.20. The van der Waals surface area contributed by atoms with E-state index in [2.05, 4.69) is 5.32 Å². The predicted molar refractivity (Wildman–Crippen MR) is 102 cm³/mol. The molecule has 3 nitrogen and oxygen atoms in total. The molecule has 0 saturated carbocycles. The lowest BCUT2D eigenvalue weighted by Gasteiger charge is -2.16. The summed E-state index contributed by atoms with van der Waals surface area (Å²) in [5.74, 6) is -4.97. The Morgan fingerprint density at radius 3 is 2.36 bits per heavy atom. The zero-order valence-corrected chi connectivity index (χ0v) is 15.4. The Hall–Kier alpha value is -2.99. The Balaban J connectivity index is 1.71. The van der Waals surface area contributed by atoms with E-state index in [0.29, 0.717) is 5.02 Å². The fraction of sp³-hybridized carbons (Fsp3) is 0.0952. The van der Waals surface area contributed by atoms with Gasteiger partial charge < -0.3 is 10.1 Å². The molecule has 0 bridgehead atoms. The van der Waals surface area contributed by atoms with Gasteiger partial charge in [0.15, 0.2) is 23.6 Å². The Bertz CT molecular complexity index is 1010. The summed E-state index contributed by atoms with van der Waals surface area (Å²) in [5.41, 5.74) is 1.36.